The number of carbonyl (C=O) groups is 1. The molecule has 0 saturated carbocycles. The Kier molecular flexibility index (Phi) is 6.20. The molecule has 1 aromatic carbocycles. The van der Waals surface area contributed by atoms with Gasteiger partial charge in [-0.3, -0.25) is 9.20 Å². The second-order valence-corrected chi connectivity index (χ2v) is 7.95. The van der Waals surface area contributed by atoms with Crippen LogP contribution in [0, 0.1) is 13.8 Å². The number of nitrogens with zero attached hydrogens (tertiary/aromatic N) is 4. The highest BCUT2D eigenvalue weighted by atomic mass is 35.5. The average molecular weight is 467 g/mol. The Labute approximate surface area is 195 Å². The molecule has 0 spiro atoms. The lowest BCUT2D eigenvalue weighted by atomic mass is 10.1. The van der Waals surface area contributed by atoms with E-state index in [1.165, 1.54) is 4.40 Å². The van der Waals surface area contributed by atoms with Gasteiger partial charge in [0.2, 0.25) is 0 Å². The molecular formula is C24H23ClN4O4. The standard InChI is InChI=1S/C24H23ClN4O4/c1-5-32-24(31)16(4)33-20-7-6-12-28-22(20)26-15(3)21(23(28)30)19-13-14(2)29(27-19)18-10-8-17(25)9-11-18/h6-13,16H,5H2,1-4H3/t16-/m0/s1. The zero-order valence-corrected chi connectivity index (χ0v) is 19.5. The minimum Gasteiger partial charge on any atom is -0.475 e. The van der Waals surface area contributed by atoms with Crippen molar-refractivity contribution < 1.29 is 14.3 Å². The predicted molar refractivity (Wildman–Crippen MR) is 125 cm³/mol. The van der Waals surface area contributed by atoms with E-state index in [1.807, 2.05) is 25.1 Å². The summed E-state index contributed by atoms with van der Waals surface area (Å²) in [7, 11) is 0. The quantitative estimate of drug-likeness (QED) is 0.397. The van der Waals surface area contributed by atoms with Gasteiger partial charge in [-0.2, -0.15) is 5.10 Å². The lowest BCUT2D eigenvalue weighted by Crippen LogP contribution is -2.27. The number of benzene rings is 1. The van der Waals surface area contributed by atoms with Gasteiger partial charge in [-0.05, 0) is 70.2 Å². The lowest BCUT2D eigenvalue weighted by Gasteiger charge is -2.15. The van der Waals surface area contributed by atoms with Gasteiger partial charge in [-0.15, -0.1) is 0 Å². The van der Waals surface area contributed by atoms with E-state index in [-0.39, 0.29) is 12.2 Å². The maximum atomic E-state index is 13.4. The topological polar surface area (TPSA) is 87.7 Å². The van der Waals surface area contributed by atoms with Crippen LogP contribution in [0.5, 0.6) is 5.75 Å². The summed E-state index contributed by atoms with van der Waals surface area (Å²) in [5.41, 5.74) is 3.12. The number of aryl methyl sites for hydroxylation is 2. The zero-order valence-electron chi connectivity index (χ0n) is 18.7. The van der Waals surface area contributed by atoms with Gasteiger partial charge in [-0.1, -0.05) is 11.6 Å². The van der Waals surface area contributed by atoms with Crippen LogP contribution in [0.3, 0.4) is 0 Å². The highest BCUT2D eigenvalue weighted by Gasteiger charge is 2.21. The Hall–Kier alpha value is -3.65. The summed E-state index contributed by atoms with van der Waals surface area (Å²) in [6.07, 6.45) is 0.768. The zero-order chi connectivity index (χ0) is 23.7. The number of carbonyl (C=O) groups excluding carboxylic acids is 1. The molecule has 0 aliphatic carbocycles. The van der Waals surface area contributed by atoms with Crippen LogP contribution >= 0.6 is 11.6 Å². The SMILES string of the molecule is CCOC(=O)[C@H](C)Oc1cccn2c(=O)c(-c3cc(C)n(-c4ccc(Cl)cc4)n3)c(C)nc12. The molecule has 0 bridgehead atoms. The van der Waals surface area contributed by atoms with Crippen molar-refractivity contribution in [1.29, 1.82) is 0 Å². The van der Waals surface area contributed by atoms with Gasteiger partial charge in [0.05, 0.1) is 23.6 Å². The molecule has 33 heavy (non-hydrogen) atoms. The highest BCUT2D eigenvalue weighted by molar-refractivity contribution is 6.30. The molecule has 8 nitrogen and oxygen atoms in total. The third kappa shape index (κ3) is 4.34. The minimum absolute atomic E-state index is 0.254. The van der Waals surface area contributed by atoms with Crippen molar-refractivity contribution in [3.8, 4) is 22.7 Å². The monoisotopic (exact) mass is 466 g/mol. The molecule has 0 amide bonds. The molecule has 1 atom stereocenters. The van der Waals surface area contributed by atoms with Crippen LogP contribution in [-0.4, -0.2) is 37.8 Å². The molecule has 3 heterocycles. The molecule has 0 fully saturated rings. The summed E-state index contributed by atoms with van der Waals surface area (Å²) in [6, 6.07) is 12.5. The van der Waals surface area contributed by atoms with E-state index in [0.29, 0.717) is 33.4 Å². The van der Waals surface area contributed by atoms with E-state index in [1.54, 1.807) is 55.9 Å². The predicted octanol–water partition coefficient (Wildman–Crippen LogP) is 4.15. The summed E-state index contributed by atoms with van der Waals surface area (Å²) >= 11 is 6.00. The molecule has 0 aliphatic rings. The maximum absolute atomic E-state index is 13.4. The van der Waals surface area contributed by atoms with E-state index in [9.17, 15) is 9.59 Å². The number of ether oxygens (including phenoxy) is 2. The van der Waals surface area contributed by atoms with Crippen molar-refractivity contribution in [1.82, 2.24) is 19.2 Å². The molecule has 0 aliphatic heterocycles. The third-order valence-electron chi connectivity index (χ3n) is 5.14. The molecule has 4 aromatic rings. The second-order valence-electron chi connectivity index (χ2n) is 7.51. The van der Waals surface area contributed by atoms with Crippen molar-refractivity contribution in [2.24, 2.45) is 0 Å². The van der Waals surface area contributed by atoms with E-state index in [2.05, 4.69) is 10.1 Å². The summed E-state index contributed by atoms with van der Waals surface area (Å²) < 4.78 is 13.9. The molecule has 0 saturated heterocycles. The molecule has 0 unspecified atom stereocenters. The Morgan fingerprint density at radius 1 is 1.18 bits per heavy atom. The van der Waals surface area contributed by atoms with E-state index >= 15 is 0 Å². The number of hydrogen-bond acceptors (Lipinski definition) is 6. The van der Waals surface area contributed by atoms with E-state index < -0.39 is 12.1 Å². The molecule has 0 radical (unpaired) electrons. The van der Waals surface area contributed by atoms with Crippen LogP contribution in [0.25, 0.3) is 22.6 Å². The molecule has 0 N–H and O–H groups in total. The Morgan fingerprint density at radius 3 is 2.61 bits per heavy atom. The van der Waals surface area contributed by atoms with Crippen LogP contribution < -0.4 is 10.3 Å². The summed E-state index contributed by atoms with van der Waals surface area (Å²) in [6.45, 7) is 7.23. The van der Waals surface area contributed by atoms with Crippen LogP contribution in [0.15, 0.2) is 53.5 Å². The average Bonchev–Trinajstić information content (AvgIpc) is 3.16. The first-order valence-electron chi connectivity index (χ1n) is 10.5. The first-order valence-corrected chi connectivity index (χ1v) is 10.9. The van der Waals surface area contributed by atoms with Crippen LogP contribution in [0.2, 0.25) is 5.02 Å². The van der Waals surface area contributed by atoms with Gasteiger partial charge in [0.15, 0.2) is 17.5 Å². The van der Waals surface area contributed by atoms with Crippen molar-refractivity contribution in [2.75, 3.05) is 6.61 Å². The largest absolute Gasteiger partial charge is 0.475 e. The van der Waals surface area contributed by atoms with E-state index in [0.717, 1.165) is 11.4 Å². The van der Waals surface area contributed by atoms with Crippen LogP contribution in [0.4, 0.5) is 0 Å². The second kappa shape index (κ2) is 9.07. The number of halogens is 1. The fourth-order valence-electron chi connectivity index (χ4n) is 3.57. The van der Waals surface area contributed by atoms with Crippen LogP contribution in [0.1, 0.15) is 25.2 Å². The van der Waals surface area contributed by atoms with Crippen molar-refractivity contribution >= 4 is 23.2 Å². The Balaban J connectivity index is 1.78. The number of hydrogen-bond donors (Lipinski definition) is 0. The van der Waals surface area contributed by atoms with Crippen molar-refractivity contribution in [2.45, 2.75) is 33.8 Å². The van der Waals surface area contributed by atoms with Gasteiger partial charge < -0.3 is 9.47 Å². The van der Waals surface area contributed by atoms with Crippen LogP contribution in [-0.2, 0) is 9.53 Å². The summed E-state index contributed by atoms with van der Waals surface area (Å²) in [4.78, 5) is 30.0. The molecule has 3 aromatic heterocycles. The van der Waals surface area contributed by atoms with Gasteiger partial charge in [0.25, 0.3) is 5.56 Å². The van der Waals surface area contributed by atoms with Crippen molar-refractivity contribution in [3.05, 3.63) is 75.4 Å². The Morgan fingerprint density at radius 2 is 1.91 bits per heavy atom. The number of fused-ring (bicyclic) bond motifs is 1. The van der Waals surface area contributed by atoms with Gasteiger partial charge >= 0.3 is 5.97 Å². The summed E-state index contributed by atoms with van der Waals surface area (Å²) in [5.74, 6) is -0.175. The molecular weight excluding hydrogens is 444 g/mol. The first-order chi connectivity index (χ1) is 15.8. The van der Waals surface area contributed by atoms with Gasteiger partial charge in [0, 0.05) is 16.9 Å². The molecule has 170 valence electrons. The fourth-order valence-corrected chi connectivity index (χ4v) is 3.69. The van der Waals surface area contributed by atoms with E-state index in [4.69, 9.17) is 21.1 Å². The first kappa shape index (κ1) is 22.5. The third-order valence-corrected chi connectivity index (χ3v) is 5.39. The number of aromatic nitrogens is 4. The minimum atomic E-state index is -0.842. The lowest BCUT2D eigenvalue weighted by molar-refractivity contribution is -0.150. The number of pyridine rings is 1. The van der Waals surface area contributed by atoms with Crippen molar-refractivity contribution in [3.63, 3.8) is 0 Å². The number of esters is 1. The molecule has 9 heteroatoms. The molecule has 4 rings (SSSR count). The number of rotatable bonds is 6. The van der Waals surface area contributed by atoms with Gasteiger partial charge in [0.1, 0.15) is 5.69 Å². The Bertz CT molecular complexity index is 1390. The van der Waals surface area contributed by atoms with Gasteiger partial charge in [-0.25, -0.2) is 14.5 Å². The smallest absolute Gasteiger partial charge is 0.347 e. The highest BCUT2D eigenvalue weighted by Crippen LogP contribution is 2.25. The summed E-state index contributed by atoms with van der Waals surface area (Å²) in [5, 5.41) is 5.28. The fraction of sp³-hybridized carbons (Fsp3) is 0.250. The normalized spacial score (nSPS) is 12.0. The maximum Gasteiger partial charge on any atom is 0.347 e.